The predicted octanol–water partition coefficient (Wildman–Crippen LogP) is 2.89. The number of aryl methyl sites for hydroxylation is 1. The summed E-state index contributed by atoms with van der Waals surface area (Å²) in [5, 5.41) is 7.84. The molecule has 1 fully saturated rings. The molecule has 0 spiro atoms. The van der Waals surface area contributed by atoms with Gasteiger partial charge in [0.25, 0.3) is 0 Å². The van der Waals surface area contributed by atoms with Gasteiger partial charge in [0, 0.05) is 18.8 Å². The van der Waals surface area contributed by atoms with Crippen molar-refractivity contribution in [1.29, 1.82) is 0 Å². The molecular formula is C12H21N3. The number of hydrogen-bond donors (Lipinski definition) is 1. The Morgan fingerprint density at radius 3 is 2.73 bits per heavy atom. The van der Waals surface area contributed by atoms with Crippen LogP contribution in [-0.4, -0.2) is 15.8 Å². The molecule has 2 rings (SSSR count). The van der Waals surface area contributed by atoms with Crippen LogP contribution >= 0.6 is 0 Å². The lowest BCUT2D eigenvalue weighted by Gasteiger charge is -2.27. The largest absolute Gasteiger partial charge is 0.380 e. The van der Waals surface area contributed by atoms with Crippen LogP contribution in [0.15, 0.2) is 12.4 Å². The Morgan fingerprint density at radius 2 is 2.13 bits per heavy atom. The summed E-state index contributed by atoms with van der Waals surface area (Å²) in [4.78, 5) is 0. The quantitative estimate of drug-likeness (QED) is 0.826. The zero-order valence-electron chi connectivity index (χ0n) is 9.74. The van der Waals surface area contributed by atoms with Gasteiger partial charge in [0.15, 0.2) is 0 Å². The van der Waals surface area contributed by atoms with Gasteiger partial charge in [0.1, 0.15) is 0 Å². The Kier molecular flexibility index (Phi) is 3.29. The first-order valence-corrected chi connectivity index (χ1v) is 6.07. The van der Waals surface area contributed by atoms with Gasteiger partial charge in [0.05, 0.1) is 11.9 Å². The van der Waals surface area contributed by atoms with E-state index in [4.69, 9.17) is 0 Å². The molecule has 1 N–H and O–H groups in total. The minimum atomic E-state index is 0.663. The summed E-state index contributed by atoms with van der Waals surface area (Å²) in [6.07, 6.45) is 9.36. The van der Waals surface area contributed by atoms with Crippen molar-refractivity contribution < 1.29 is 0 Å². The van der Waals surface area contributed by atoms with Crippen molar-refractivity contribution in [2.75, 3.05) is 5.32 Å². The molecule has 84 valence electrons. The van der Waals surface area contributed by atoms with Crippen molar-refractivity contribution in [3.63, 3.8) is 0 Å². The molecule has 3 nitrogen and oxygen atoms in total. The van der Waals surface area contributed by atoms with Crippen molar-refractivity contribution in [2.45, 2.75) is 52.1 Å². The van der Waals surface area contributed by atoms with E-state index < -0.39 is 0 Å². The van der Waals surface area contributed by atoms with E-state index >= 15 is 0 Å². The monoisotopic (exact) mass is 207 g/mol. The Bertz CT molecular complexity index is 298. The van der Waals surface area contributed by atoms with Crippen LogP contribution in [-0.2, 0) is 6.54 Å². The van der Waals surface area contributed by atoms with Gasteiger partial charge in [-0.05, 0) is 38.5 Å². The lowest BCUT2D eigenvalue weighted by atomic mass is 9.87. The molecule has 0 atom stereocenters. The average molecular weight is 207 g/mol. The number of aromatic nitrogens is 2. The van der Waals surface area contributed by atoms with Gasteiger partial charge in [-0.3, -0.25) is 4.68 Å². The molecule has 0 aromatic carbocycles. The molecule has 0 saturated heterocycles. The molecule has 0 unspecified atom stereocenters. The third-order valence-corrected chi connectivity index (χ3v) is 3.34. The molecule has 0 amide bonds. The van der Waals surface area contributed by atoms with Crippen LogP contribution in [0.4, 0.5) is 5.69 Å². The second kappa shape index (κ2) is 4.69. The van der Waals surface area contributed by atoms with Crippen LogP contribution < -0.4 is 5.32 Å². The molecule has 0 aliphatic heterocycles. The Morgan fingerprint density at radius 1 is 1.40 bits per heavy atom. The maximum atomic E-state index is 4.27. The average Bonchev–Trinajstić information content (AvgIpc) is 2.69. The molecule has 1 aromatic rings. The van der Waals surface area contributed by atoms with Gasteiger partial charge in [-0.1, -0.05) is 6.92 Å². The molecule has 0 bridgehead atoms. The first kappa shape index (κ1) is 10.5. The number of nitrogens with one attached hydrogen (secondary N) is 1. The minimum absolute atomic E-state index is 0.663. The van der Waals surface area contributed by atoms with Crippen molar-refractivity contribution >= 4 is 5.69 Å². The Labute approximate surface area is 91.9 Å². The van der Waals surface area contributed by atoms with E-state index in [1.807, 2.05) is 10.9 Å². The first-order chi connectivity index (χ1) is 7.28. The normalized spacial score (nSPS) is 26.5. The molecule has 1 heterocycles. The van der Waals surface area contributed by atoms with Crippen LogP contribution in [0.25, 0.3) is 0 Å². The highest BCUT2D eigenvalue weighted by Crippen LogP contribution is 2.25. The molecule has 1 aliphatic carbocycles. The molecule has 3 heteroatoms. The van der Waals surface area contributed by atoms with Crippen LogP contribution in [0.1, 0.15) is 39.5 Å². The van der Waals surface area contributed by atoms with Gasteiger partial charge >= 0.3 is 0 Å². The van der Waals surface area contributed by atoms with Crippen molar-refractivity contribution in [3.05, 3.63) is 12.4 Å². The molecular weight excluding hydrogens is 186 g/mol. The van der Waals surface area contributed by atoms with Crippen LogP contribution in [0.5, 0.6) is 0 Å². The van der Waals surface area contributed by atoms with E-state index in [-0.39, 0.29) is 0 Å². The van der Waals surface area contributed by atoms with Crippen molar-refractivity contribution in [1.82, 2.24) is 9.78 Å². The van der Waals surface area contributed by atoms with Gasteiger partial charge < -0.3 is 5.32 Å². The van der Waals surface area contributed by atoms with Gasteiger partial charge in [-0.15, -0.1) is 0 Å². The maximum Gasteiger partial charge on any atom is 0.0728 e. The van der Waals surface area contributed by atoms with Crippen molar-refractivity contribution in [2.24, 2.45) is 5.92 Å². The molecule has 0 radical (unpaired) electrons. The van der Waals surface area contributed by atoms with Crippen LogP contribution in [0.2, 0.25) is 0 Å². The summed E-state index contributed by atoms with van der Waals surface area (Å²) in [5.41, 5.74) is 1.18. The molecule has 15 heavy (non-hydrogen) atoms. The SMILES string of the molecule is CCn1cc(NC2CCC(C)CC2)cn1. The molecule has 1 saturated carbocycles. The summed E-state index contributed by atoms with van der Waals surface area (Å²) in [6.45, 7) is 5.41. The van der Waals surface area contributed by atoms with Crippen LogP contribution in [0, 0.1) is 5.92 Å². The fourth-order valence-electron chi connectivity index (χ4n) is 2.25. The predicted molar refractivity (Wildman–Crippen MR) is 62.9 cm³/mol. The summed E-state index contributed by atoms with van der Waals surface area (Å²) in [5.74, 6) is 0.918. The van der Waals surface area contributed by atoms with Gasteiger partial charge in [-0.25, -0.2) is 0 Å². The number of anilines is 1. The molecule has 1 aliphatic rings. The summed E-state index contributed by atoms with van der Waals surface area (Å²) >= 11 is 0. The zero-order chi connectivity index (χ0) is 10.7. The third-order valence-electron chi connectivity index (χ3n) is 3.34. The van der Waals surface area contributed by atoms with Gasteiger partial charge in [-0.2, -0.15) is 5.10 Å². The van der Waals surface area contributed by atoms with Crippen LogP contribution in [0.3, 0.4) is 0 Å². The maximum absolute atomic E-state index is 4.27. The Hall–Kier alpha value is -0.990. The fraction of sp³-hybridized carbons (Fsp3) is 0.750. The Balaban J connectivity index is 1.86. The number of rotatable bonds is 3. The second-order valence-electron chi connectivity index (χ2n) is 4.69. The van der Waals surface area contributed by atoms with E-state index in [9.17, 15) is 0 Å². The summed E-state index contributed by atoms with van der Waals surface area (Å²) < 4.78 is 1.97. The van der Waals surface area contributed by atoms with E-state index in [2.05, 4.69) is 30.5 Å². The fourth-order valence-corrected chi connectivity index (χ4v) is 2.25. The minimum Gasteiger partial charge on any atom is -0.380 e. The molecule has 1 aromatic heterocycles. The summed E-state index contributed by atoms with van der Waals surface area (Å²) in [7, 11) is 0. The lowest BCUT2D eigenvalue weighted by molar-refractivity contribution is 0.361. The third kappa shape index (κ3) is 2.74. The number of nitrogens with zero attached hydrogens (tertiary/aromatic N) is 2. The smallest absolute Gasteiger partial charge is 0.0728 e. The van der Waals surface area contributed by atoms with E-state index in [1.54, 1.807) is 0 Å². The standard InChI is InChI=1S/C12H21N3/c1-3-15-9-12(8-13-15)14-11-6-4-10(2)5-7-11/h8-11,14H,3-7H2,1-2H3. The highest BCUT2D eigenvalue weighted by molar-refractivity contribution is 5.39. The van der Waals surface area contributed by atoms with E-state index in [0.717, 1.165) is 12.5 Å². The summed E-state index contributed by atoms with van der Waals surface area (Å²) in [6, 6.07) is 0.663. The first-order valence-electron chi connectivity index (χ1n) is 6.07. The highest BCUT2D eigenvalue weighted by Gasteiger charge is 2.17. The van der Waals surface area contributed by atoms with Crippen molar-refractivity contribution in [3.8, 4) is 0 Å². The van der Waals surface area contributed by atoms with E-state index in [1.165, 1.54) is 31.4 Å². The zero-order valence-corrected chi connectivity index (χ0v) is 9.74. The lowest BCUT2D eigenvalue weighted by Crippen LogP contribution is -2.24. The van der Waals surface area contributed by atoms with E-state index in [0.29, 0.717) is 6.04 Å². The van der Waals surface area contributed by atoms with Gasteiger partial charge in [0.2, 0.25) is 0 Å². The second-order valence-corrected chi connectivity index (χ2v) is 4.69. The number of hydrogen-bond acceptors (Lipinski definition) is 2. The topological polar surface area (TPSA) is 29.9 Å². The highest BCUT2D eigenvalue weighted by atomic mass is 15.3.